The smallest absolute Gasteiger partial charge is 0.347 e. The standard InChI is InChI=1S/C14H7F2NO2/c15-10-6-9-12(7-11(10)16)17-13(19-14(9)18)8-4-2-1-3-5-8/h1-7H. The molecule has 5 heteroatoms. The Hall–Kier alpha value is -2.56. The molecule has 0 saturated heterocycles. The molecule has 0 bridgehead atoms. The summed E-state index contributed by atoms with van der Waals surface area (Å²) < 4.78 is 31.3. The molecule has 1 heterocycles. The van der Waals surface area contributed by atoms with E-state index in [1.54, 1.807) is 30.3 Å². The van der Waals surface area contributed by atoms with E-state index < -0.39 is 17.3 Å². The monoisotopic (exact) mass is 259 g/mol. The lowest BCUT2D eigenvalue weighted by atomic mass is 10.2. The molecule has 0 aliphatic heterocycles. The van der Waals surface area contributed by atoms with Gasteiger partial charge in [0.1, 0.15) is 0 Å². The van der Waals surface area contributed by atoms with Gasteiger partial charge in [-0.1, -0.05) is 18.2 Å². The Kier molecular flexibility index (Phi) is 2.59. The molecule has 3 aromatic rings. The zero-order valence-electron chi connectivity index (χ0n) is 9.56. The van der Waals surface area contributed by atoms with Gasteiger partial charge >= 0.3 is 5.63 Å². The van der Waals surface area contributed by atoms with Gasteiger partial charge in [-0.25, -0.2) is 18.6 Å². The fourth-order valence-corrected chi connectivity index (χ4v) is 1.77. The molecule has 94 valence electrons. The molecule has 2 aromatic carbocycles. The van der Waals surface area contributed by atoms with Gasteiger partial charge in [0, 0.05) is 11.6 Å². The Balaban J connectivity index is 2.31. The van der Waals surface area contributed by atoms with Gasteiger partial charge in [0.25, 0.3) is 0 Å². The summed E-state index contributed by atoms with van der Waals surface area (Å²) in [5.41, 5.74) is -0.0945. The molecule has 0 unspecified atom stereocenters. The van der Waals surface area contributed by atoms with E-state index in [9.17, 15) is 13.6 Å². The lowest BCUT2D eigenvalue weighted by molar-refractivity contribution is 0.502. The highest BCUT2D eigenvalue weighted by atomic mass is 19.2. The van der Waals surface area contributed by atoms with Gasteiger partial charge in [0.15, 0.2) is 11.6 Å². The van der Waals surface area contributed by atoms with Gasteiger partial charge in [0.2, 0.25) is 5.89 Å². The van der Waals surface area contributed by atoms with E-state index >= 15 is 0 Å². The number of halogens is 2. The van der Waals surface area contributed by atoms with Gasteiger partial charge in [-0.2, -0.15) is 0 Å². The summed E-state index contributed by atoms with van der Waals surface area (Å²) in [6.45, 7) is 0. The maximum Gasteiger partial charge on any atom is 0.347 e. The van der Waals surface area contributed by atoms with Crippen LogP contribution in [0.2, 0.25) is 0 Å². The third-order valence-electron chi connectivity index (χ3n) is 2.69. The van der Waals surface area contributed by atoms with Crippen LogP contribution in [0.1, 0.15) is 0 Å². The minimum atomic E-state index is -1.10. The molecule has 0 N–H and O–H groups in total. The Morgan fingerprint density at radius 2 is 1.68 bits per heavy atom. The molecule has 0 aliphatic rings. The van der Waals surface area contributed by atoms with Crippen LogP contribution in [0.5, 0.6) is 0 Å². The second-order valence-corrected chi connectivity index (χ2v) is 3.96. The van der Waals surface area contributed by atoms with Crippen molar-refractivity contribution in [1.82, 2.24) is 4.98 Å². The summed E-state index contributed by atoms with van der Waals surface area (Å²) in [6.07, 6.45) is 0. The van der Waals surface area contributed by atoms with Crippen molar-refractivity contribution >= 4 is 10.9 Å². The molecule has 0 fully saturated rings. The van der Waals surface area contributed by atoms with E-state index in [1.807, 2.05) is 0 Å². The van der Waals surface area contributed by atoms with E-state index in [0.29, 0.717) is 5.56 Å². The summed E-state index contributed by atoms with van der Waals surface area (Å²) in [6, 6.07) is 10.4. The normalized spacial score (nSPS) is 10.8. The van der Waals surface area contributed by atoms with Crippen LogP contribution in [0.15, 0.2) is 51.7 Å². The number of fused-ring (bicyclic) bond motifs is 1. The molecule has 19 heavy (non-hydrogen) atoms. The first-order valence-corrected chi connectivity index (χ1v) is 5.50. The van der Waals surface area contributed by atoms with Crippen LogP contribution >= 0.6 is 0 Å². The van der Waals surface area contributed by atoms with E-state index in [2.05, 4.69) is 4.98 Å². The Bertz CT molecular complexity index is 813. The second-order valence-electron chi connectivity index (χ2n) is 3.96. The minimum absolute atomic E-state index is 0.0639. The minimum Gasteiger partial charge on any atom is -0.403 e. The summed E-state index contributed by atoms with van der Waals surface area (Å²) in [7, 11) is 0. The highest BCUT2D eigenvalue weighted by molar-refractivity contribution is 5.78. The average Bonchev–Trinajstić information content (AvgIpc) is 2.42. The van der Waals surface area contributed by atoms with Crippen LogP contribution < -0.4 is 5.63 Å². The van der Waals surface area contributed by atoms with Gasteiger partial charge in [-0.3, -0.25) is 0 Å². The summed E-state index contributed by atoms with van der Waals surface area (Å²) >= 11 is 0. The van der Waals surface area contributed by atoms with Gasteiger partial charge in [0.05, 0.1) is 10.9 Å². The van der Waals surface area contributed by atoms with E-state index in [1.165, 1.54) is 0 Å². The number of aromatic nitrogens is 1. The van der Waals surface area contributed by atoms with Crippen molar-refractivity contribution in [2.24, 2.45) is 0 Å². The van der Waals surface area contributed by atoms with Crippen molar-refractivity contribution in [3.63, 3.8) is 0 Å². The first kappa shape index (κ1) is 11.5. The number of hydrogen-bond acceptors (Lipinski definition) is 3. The topological polar surface area (TPSA) is 43.1 Å². The molecular weight excluding hydrogens is 252 g/mol. The van der Waals surface area contributed by atoms with Crippen molar-refractivity contribution in [1.29, 1.82) is 0 Å². The molecule has 0 saturated carbocycles. The largest absolute Gasteiger partial charge is 0.403 e. The van der Waals surface area contributed by atoms with Crippen molar-refractivity contribution in [3.05, 3.63) is 64.5 Å². The molecule has 3 nitrogen and oxygen atoms in total. The van der Waals surface area contributed by atoms with E-state index in [0.717, 1.165) is 12.1 Å². The Labute approximate surface area is 106 Å². The van der Waals surface area contributed by atoms with Gasteiger partial charge < -0.3 is 4.42 Å². The summed E-state index contributed by atoms with van der Waals surface area (Å²) in [5, 5.41) is -0.0846. The Morgan fingerprint density at radius 1 is 1.00 bits per heavy atom. The fraction of sp³-hybridized carbons (Fsp3) is 0. The molecule has 0 amide bonds. The summed E-state index contributed by atoms with van der Waals surface area (Å²) in [5.74, 6) is -2.08. The van der Waals surface area contributed by atoms with Crippen LogP contribution in [-0.2, 0) is 0 Å². The summed E-state index contributed by atoms with van der Waals surface area (Å²) in [4.78, 5) is 15.8. The van der Waals surface area contributed by atoms with Crippen LogP contribution in [-0.4, -0.2) is 4.98 Å². The van der Waals surface area contributed by atoms with Gasteiger partial charge in [-0.15, -0.1) is 0 Å². The SMILES string of the molecule is O=c1oc(-c2ccccc2)nc2cc(F)c(F)cc12. The lowest BCUT2D eigenvalue weighted by Gasteiger charge is -2.02. The maximum atomic E-state index is 13.2. The van der Waals surface area contributed by atoms with Gasteiger partial charge in [-0.05, 0) is 18.2 Å². The maximum absolute atomic E-state index is 13.2. The van der Waals surface area contributed by atoms with Crippen LogP contribution in [0.3, 0.4) is 0 Å². The van der Waals surface area contributed by atoms with E-state index in [-0.39, 0.29) is 16.8 Å². The quantitative estimate of drug-likeness (QED) is 0.674. The Morgan fingerprint density at radius 3 is 2.42 bits per heavy atom. The highest BCUT2D eigenvalue weighted by Crippen LogP contribution is 2.19. The molecule has 3 rings (SSSR count). The number of hydrogen-bond donors (Lipinski definition) is 0. The molecule has 0 atom stereocenters. The molecule has 0 aliphatic carbocycles. The number of nitrogens with zero attached hydrogens (tertiary/aromatic N) is 1. The molecular formula is C14H7F2NO2. The van der Waals surface area contributed by atoms with Crippen molar-refractivity contribution in [3.8, 4) is 11.5 Å². The van der Waals surface area contributed by atoms with Crippen LogP contribution in [0, 0.1) is 11.6 Å². The molecule has 0 radical (unpaired) electrons. The highest BCUT2D eigenvalue weighted by Gasteiger charge is 2.12. The zero-order chi connectivity index (χ0) is 13.4. The second kappa shape index (κ2) is 4.28. The third kappa shape index (κ3) is 1.99. The van der Waals surface area contributed by atoms with Crippen molar-refractivity contribution in [2.45, 2.75) is 0 Å². The zero-order valence-corrected chi connectivity index (χ0v) is 9.56. The molecule has 1 aromatic heterocycles. The average molecular weight is 259 g/mol. The lowest BCUT2D eigenvalue weighted by Crippen LogP contribution is -2.04. The third-order valence-corrected chi connectivity index (χ3v) is 2.69. The predicted octanol–water partition coefficient (Wildman–Crippen LogP) is 3.13. The number of benzene rings is 2. The molecule has 0 spiro atoms. The first-order valence-electron chi connectivity index (χ1n) is 5.50. The predicted molar refractivity (Wildman–Crippen MR) is 65.6 cm³/mol. The fourth-order valence-electron chi connectivity index (χ4n) is 1.77. The first-order chi connectivity index (χ1) is 9.15. The van der Waals surface area contributed by atoms with Crippen LogP contribution in [0.4, 0.5) is 8.78 Å². The van der Waals surface area contributed by atoms with Crippen molar-refractivity contribution in [2.75, 3.05) is 0 Å². The number of rotatable bonds is 1. The van der Waals surface area contributed by atoms with Crippen LogP contribution in [0.25, 0.3) is 22.4 Å². The van der Waals surface area contributed by atoms with Crippen molar-refractivity contribution < 1.29 is 13.2 Å². The van der Waals surface area contributed by atoms with E-state index in [4.69, 9.17) is 4.42 Å².